The number of ether oxygens (including phenoxy) is 1. The molecule has 0 fully saturated rings. The molecule has 0 aliphatic carbocycles. The normalized spacial score (nSPS) is 13.7. The van der Waals surface area contributed by atoms with Gasteiger partial charge in [-0.2, -0.15) is 0 Å². The molecule has 33 heavy (non-hydrogen) atoms. The fourth-order valence-corrected chi connectivity index (χ4v) is 3.37. The first-order valence-corrected chi connectivity index (χ1v) is 11.1. The maximum Gasteiger partial charge on any atom is 0.252 e. The highest BCUT2D eigenvalue weighted by molar-refractivity contribution is 5.95. The standard InChI is InChI=1S/C24H34N4O5/c1-4-5-6-8-19(14-28(32)17-29)23(30)25-16-26-24(31)20-11-12-22(33-15-20)18-9-7-10-21(13-18)27(2)3/h7,9-13,17,19,32H,4-6,8,14-16H2,1-3H3,(H,25,30)(H,26,31). The summed E-state index contributed by atoms with van der Waals surface area (Å²) in [5.74, 6) is -0.539. The van der Waals surface area contributed by atoms with E-state index in [4.69, 9.17) is 4.74 Å². The highest BCUT2D eigenvalue weighted by Crippen LogP contribution is 2.24. The Morgan fingerprint density at radius 3 is 2.64 bits per heavy atom. The third-order valence-corrected chi connectivity index (χ3v) is 5.33. The third-order valence-electron chi connectivity index (χ3n) is 5.33. The monoisotopic (exact) mass is 458 g/mol. The summed E-state index contributed by atoms with van der Waals surface area (Å²) in [5, 5.41) is 15.2. The van der Waals surface area contributed by atoms with Crippen molar-refractivity contribution in [1.82, 2.24) is 15.7 Å². The number of rotatable bonds is 13. The van der Waals surface area contributed by atoms with Gasteiger partial charge in [-0.05, 0) is 30.7 Å². The number of allylic oxidation sites excluding steroid dienone is 2. The first-order valence-electron chi connectivity index (χ1n) is 11.1. The highest BCUT2D eigenvalue weighted by Gasteiger charge is 2.21. The quantitative estimate of drug-likeness (QED) is 0.138. The van der Waals surface area contributed by atoms with E-state index in [2.05, 4.69) is 17.6 Å². The van der Waals surface area contributed by atoms with Gasteiger partial charge in [0.25, 0.3) is 5.91 Å². The number of hydrogen-bond acceptors (Lipinski definition) is 6. The molecule has 3 N–H and O–H groups in total. The largest absolute Gasteiger partial charge is 0.488 e. The van der Waals surface area contributed by atoms with Crippen LogP contribution in [0.1, 0.15) is 38.2 Å². The van der Waals surface area contributed by atoms with E-state index in [0.29, 0.717) is 22.8 Å². The van der Waals surface area contributed by atoms with Gasteiger partial charge >= 0.3 is 0 Å². The summed E-state index contributed by atoms with van der Waals surface area (Å²) >= 11 is 0. The molecule has 9 heteroatoms. The Morgan fingerprint density at radius 2 is 2.00 bits per heavy atom. The van der Waals surface area contributed by atoms with E-state index in [9.17, 15) is 19.6 Å². The molecule has 0 spiro atoms. The van der Waals surface area contributed by atoms with Crippen LogP contribution in [0.15, 0.2) is 42.0 Å². The van der Waals surface area contributed by atoms with Crippen molar-refractivity contribution in [2.24, 2.45) is 5.92 Å². The Kier molecular flexibility index (Phi) is 10.4. The summed E-state index contributed by atoms with van der Waals surface area (Å²) in [6.07, 6.45) is 7.04. The van der Waals surface area contributed by atoms with E-state index in [1.165, 1.54) is 0 Å². The van der Waals surface area contributed by atoms with E-state index < -0.39 is 5.92 Å². The van der Waals surface area contributed by atoms with E-state index >= 15 is 0 Å². The van der Waals surface area contributed by atoms with Crippen LogP contribution in [0.25, 0.3) is 5.76 Å². The van der Waals surface area contributed by atoms with Gasteiger partial charge in [-0.3, -0.25) is 19.6 Å². The zero-order valence-electron chi connectivity index (χ0n) is 19.5. The number of carbonyl (C=O) groups excluding carboxylic acids is 3. The van der Waals surface area contributed by atoms with Crippen LogP contribution in [0.4, 0.5) is 5.69 Å². The lowest BCUT2D eigenvalue weighted by Crippen LogP contribution is -2.43. The third kappa shape index (κ3) is 8.27. The van der Waals surface area contributed by atoms with Crippen molar-refractivity contribution >= 4 is 29.7 Å². The van der Waals surface area contributed by atoms with Crippen molar-refractivity contribution in [1.29, 1.82) is 0 Å². The topological polar surface area (TPSA) is 111 Å². The second kappa shape index (κ2) is 13.3. The minimum Gasteiger partial charge on any atom is -0.488 e. The smallest absolute Gasteiger partial charge is 0.252 e. The second-order valence-corrected chi connectivity index (χ2v) is 8.10. The SMILES string of the molecule is CCCCCC(CN(O)C=O)C(=O)NCNC(=O)C1=CC=C(c2cccc(N(C)C)c2)OC1. The lowest BCUT2D eigenvalue weighted by molar-refractivity contribution is -0.154. The number of nitrogens with one attached hydrogen (secondary N) is 2. The van der Waals surface area contributed by atoms with E-state index in [1.54, 1.807) is 12.2 Å². The number of nitrogens with zero attached hydrogens (tertiary/aromatic N) is 2. The van der Waals surface area contributed by atoms with E-state index in [1.807, 2.05) is 43.3 Å². The lowest BCUT2D eigenvalue weighted by atomic mass is 10.0. The predicted molar refractivity (Wildman–Crippen MR) is 126 cm³/mol. The number of unbranched alkanes of at least 4 members (excludes halogenated alkanes) is 2. The minimum absolute atomic E-state index is 0.0622. The van der Waals surface area contributed by atoms with Crippen molar-refractivity contribution in [3.05, 3.63) is 47.6 Å². The summed E-state index contributed by atoms with van der Waals surface area (Å²) < 4.78 is 5.77. The van der Waals surface area contributed by atoms with Gasteiger partial charge in [0.2, 0.25) is 12.3 Å². The zero-order chi connectivity index (χ0) is 24.2. The van der Waals surface area contributed by atoms with Crippen LogP contribution in [-0.2, 0) is 19.1 Å². The first-order chi connectivity index (χ1) is 15.8. The van der Waals surface area contributed by atoms with Crippen molar-refractivity contribution in [2.75, 3.05) is 38.8 Å². The molecule has 1 unspecified atom stereocenters. The highest BCUT2D eigenvalue weighted by atomic mass is 16.5. The van der Waals surface area contributed by atoms with Gasteiger partial charge in [-0.1, -0.05) is 38.3 Å². The summed E-state index contributed by atoms with van der Waals surface area (Å²) in [7, 11) is 3.93. The van der Waals surface area contributed by atoms with Gasteiger partial charge in [0.15, 0.2) is 0 Å². The zero-order valence-corrected chi connectivity index (χ0v) is 19.5. The molecule has 1 aliphatic rings. The Labute approximate surface area is 195 Å². The molecule has 0 saturated heterocycles. The summed E-state index contributed by atoms with van der Waals surface area (Å²) in [6, 6.07) is 7.91. The Morgan fingerprint density at radius 1 is 1.21 bits per heavy atom. The van der Waals surface area contributed by atoms with Crippen molar-refractivity contribution < 1.29 is 24.3 Å². The Hall–Kier alpha value is -3.33. The van der Waals surface area contributed by atoms with Crippen molar-refractivity contribution in [3.8, 4) is 0 Å². The van der Waals surface area contributed by atoms with Gasteiger partial charge in [0.1, 0.15) is 12.4 Å². The van der Waals surface area contributed by atoms with Crippen LogP contribution < -0.4 is 15.5 Å². The number of hydroxylamine groups is 2. The van der Waals surface area contributed by atoms with Gasteiger partial charge in [-0.15, -0.1) is 0 Å². The number of carbonyl (C=O) groups is 3. The van der Waals surface area contributed by atoms with Crippen LogP contribution in [-0.4, -0.2) is 62.4 Å². The number of amides is 3. The average Bonchev–Trinajstić information content (AvgIpc) is 2.83. The lowest BCUT2D eigenvalue weighted by Gasteiger charge is -2.20. The maximum absolute atomic E-state index is 12.5. The minimum atomic E-state index is -0.552. The molecule has 0 aromatic heterocycles. The van der Waals surface area contributed by atoms with Gasteiger partial charge in [0.05, 0.1) is 24.7 Å². The molecule has 1 aromatic carbocycles. The average molecular weight is 459 g/mol. The molecular formula is C24H34N4O5. The Bertz CT molecular complexity index is 881. The molecule has 2 rings (SSSR count). The summed E-state index contributed by atoms with van der Waals surface area (Å²) in [6.45, 7) is 2.02. The Balaban J connectivity index is 1.88. The molecule has 0 radical (unpaired) electrons. The van der Waals surface area contributed by atoms with Crippen LogP contribution in [0.5, 0.6) is 0 Å². The predicted octanol–water partition coefficient (Wildman–Crippen LogP) is 2.28. The van der Waals surface area contributed by atoms with Crippen LogP contribution in [0, 0.1) is 5.92 Å². The maximum atomic E-state index is 12.5. The molecule has 1 atom stereocenters. The van der Waals surface area contributed by atoms with Crippen LogP contribution in [0.2, 0.25) is 0 Å². The molecule has 0 bridgehead atoms. The summed E-state index contributed by atoms with van der Waals surface area (Å²) in [5.41, 5.74) is 2.41. The molecule has 1 heterocycles. The molecule has 3 amide bonds. The first kappa shape index (κ1) is 25.9. The van der Waals surface area contributed by atoms with Crippen molar-refractivity contribution in [2.45, 2.75) is 32.6 Å². The van der Waals surface area contributed by atoms with Gasteiger partial charge < -0.3 is 20.3 Å². The summed E-state index contributed by atoms with van der Waals surface area (Å²) in [4.78, 5) is 37.6. The number of hydrogen-bond donors (Lipinski definition) is 3. The fourth-order valence-electron chi connectivity index (χ4n) is 3.37. The van der Waals surface area contributed by atoms with E-state index in [0.717, 1.165) is 30.5 Å². The molecule has 1 aromatic rings. The van der Waals surface area contributed by atoms with E-state index in [-0.39, 0.29) is 38.0 Å². The molecule has 9 nitrogen and oxygen atoms in total. The number of benzene rings is 1. The molecular weight excluding hydrogens is 424 g/mol. The van der Waals surface area contributed by atoms with Crippen molar-refractivity contribution in [3.63, 3.8) is 0 Å². The van der Waals surface area contributed by atoms with Gasteiger partial charge in [-0.25, -0.2) is 5.06 Å². The molecule has 0 saturated carbocycles. The van der Waals surface area contributed by atoms with Crippen LogP contribution >= 0.6 is 0 Å². The molecule has 1 aliphatic heterocycles. The van der Waals surface area contributed by atoms with Gasteiger partial charge in [0, 0.05) is 25.3 Å². The van der Waals surface area contributed by atoms with Crippen LogP contribution in [0.3, 0.4) is 0 Å². The fraction of sp³-hybridized carbons (Fsp3) is 0.458. The second-order valence-electron chi connectivity index (χ2n) is 8.10. The number of anilines is 1. The molecule has 180 valence electrons.